The summed E-state index contributed by atoms with van der Waals surface area (Å²) in [6, 6.07) is 5.68. The molecule has 0 saturated carbocycles. The van der Waals surface area contributed by atoms with Gasteiger partial charge in [-0.05, 0) is 19.1 Å². The van der Waals surface area contributed by atoms with Crippen molar-refractivity contribution in [2.24, 2.45) is 0 Å². The maximum absolute atomic E-state index is 12.6. The lowest BCUT2D eigenvalue weighted by Gasteiger charge is -2.33. The third-order valence-corrected chi connectivity index (χ3v) is 4.14. The Morgan fingerprint density at radius 3 is 2.48 bits per heavy atom. The third kappa shape index (κ3) is 4.90. The van der Waals surface area contributed by atoms with E-state index in [0.29, 0.717) is 45.1 Å². The summed E-state index contributed by atoms with van der Waals surface area (Å²) in [4.78, 5) is 40.2. The number of anilines is 1. The highest BCUT2D eigenvalue weighted by molar-refractivity contribution is 5.92. The monoisotopic (exact) mass is 370 g/mol. The van der Waals surface area contributed by atoms with Crippen LogP contribution in [0.1, 0.15) is 23.1 Å². The Hall–Kier alpha value is -3.23. The average molecular weight is 370 g/mol. The van der Waals surface area contributed by atoms with Crippen LogP contribution < -0.4 is 5.32 Å². The summed E-state index contributed by atoms with van der Waals surface area (Å²) in [6.45, 7) is 4.42. The summed E-state index contributed by atoms with van der Waals surface area (Å²) < 4.78 is 4.98. The molecule has 27 heavy (non-hydrogen) atoms. The molecular formula is C18H22N6O3. The largest absolute Gasteiger partial charge is 0.450 e. The standard InChI is InChI=1S/C18H22N6O3/c1-2-27-18(26)24-9-7-23(8-10-24)17(25)15-12-22-16(13-20-15)21-11-14-5-3-4-6-19-14/h3-6,12-13H,2,7-11H2,1H3,(H,21,22). The van der Waals surface area contributed by atoms with Crippen LogP contribution in [0.15, 0.2) is 36.8 Å². The first kappa shape index (κ1) is 18.6. The van der Waals surface area contributed by atoms with Crippen LogP contribution in [0.5, 0.6) is 0 Å². The summed E-state index contributed by atoms with van der Waals surface area (Å²) in [6.07, 6.45) is 4.38. The molecule has 2 aromatic rings. The summed E-state index contributed by atoms with van der Waals surface area (Å²) in [5.41, 5.74) is 1.17. The molecule has 1 saturated heterocycles. The highest BCUT2D eigenvalue weighted by Gasteiger charge is 2.26. The second-order valence-electron chi connectivity index (χ2n) is 5.94. The fraction of sp³-hybridized carbons (Fsp3) is 0.389. The lowest BCUT2D eigenvalue weighted by molar-refractivity contribution is 0.0565. The summed E-state index contributed by atoms with van der Waals surface area (Å²) in [7, 11) is 0. The molecule has 0 atom stereocenters. The Balaban J connectivity index is 1.51. The van der Waals surface area contributed by atoms with Gasteiger partial charge in [0.25, 0.3) is 5.91 Å². The molecular weight excluding hydrogens is 348 g/mol. The van der Waals surface area contributed by atoms with Crippen LogP contribution >= 0.6 is 0 Å². The van der Waals surface area contributed by atoms with Gasteiger partial charge in [0.05, 0.1) is 31.2 Å². The molecule has 9 nitrogen and oxygen atoms in total. The molecule has 3 rings (SSSR count). The molecule has 1 N–H and O–H groups in total. The molecule has 0 radical (unpaired) electrons. The minimum Gasteiger partial charge on any atom is -0.450 e. The molecule has 0 spiro atoms. The minimum absolute atomic E-state index is 0.192. The van der Waals surface area contributed by atoms with E-state index in [-0.39, 0.29) is 17.7 Å². The molecule has 0 aliphatic carbocycles. The number of nitrogens with zero attached hydrogens (tertiary/aromatic N) is 5. The Bertz CT molecular complexity index is 760. The first-order valence-electron chi connectivity index (χ1n) is 8.84. The molecule has 1 fully saturated rings. The second kappa shape index (κ2) is 8.93. The summed E-state index contributed by atoms with van der Waals surface area (Å²) in [5.74, 6) is 0.381. The van der Waals surface area contributed by atoms with Crippen LogP contribution in [0.25, 0.3) is 0 Å². The molecule has 2 amide bonds. The van der Waals surface area contributed by atoms with Crippen molar-refractivity contribution in [2.45, 2.75) is 13.5 Å². The molecule has 3 heterocycles. The summed E-state index contributed by atoms with van der Waals surface area (Å²) >= 11 is 0. The molecule has 9 heteroatoms. The SMILES string of the molecule is CCOC(=O)N1CCN(C(=O)c2cnc(NCc3ccccn3)cn2)CC1. The maximum atomic E-state index is 12.6. The number of hydrogen-bond donors (Lipinski definition) is 1. The quantitative estimate of drug-likeness (QED) is 0.849. The van der Waals surface area contributed by atoms with Crippen LogP contribution in [0, 0.1) is 0 Å². The Morgan fingerprint density at radius 1 is 1.07 bits per heavy atom. The number of carbonyl (C=O) groups excluding carboxylic acids is 2. The van der Waals surface area contributed by atoms with Crippen molar-refractivity contribution >= 4 is 17.8 Å². The lowest BCUT2D eigenvalue weighted by Crippen LogP contribution is -2.50. The van der Waals surface area contributed by atoms with Crippen molar-refractivity contribution in [1.82, 2.24) is 24.8 Å². The van der Waals surface area contributed by atoms with E-state index in [2.05, 4.69) is 20.3 Å². The van der Waals surface area contributed by atoms with E-state index in [1.165, 1.54) is 12.4 Å². The zero-order valence-corrected chi connectivity index (χ0v) is 15.2. The number of ether oxygens (including phenoxy) is 1. The Morgan fingerprint density at radius 2 is 1.85 bits per heavy atom. The second-order valence-corrected chi connectivity index (χ2v) is 5.94. The number of nitrogens with one attached hydrogen (secondary N) is 1. The molecule has 1 aliphatic rings. The van der Waals surface area contributed by atoms with Gasteiger partial charge in [-0.2, -0.15) is 0 Å². The van der Waals surface area contributed by atoms with Gasteiger partial charge in [0.15, 0.2) is 0 Å². The van der Waals surface area contributed by atoms with Gasteiger partial charge in [-0.15, -0.1) is 0 Å². The van der Waals surface area contributed by atoms with Crippen molar-refractivity contribution in [3.63, 3.8) is 0 Å². The van der Waals surface area contributed by atoms with Gasteiger partial charge in [0, 0.05) is 32.4 Å². The number of piperazine rings is 1. The first-order chi connectivity index (χ1) is 13.2. The predicted molar refractivity (Wildman–Crippen MR) is 98.1 cm³/mol. The van der Waals surface area contributed by atoms with Gasteiger partial charge >= 0.3 is 6.09 Å². The molecule has 0 bridgehead atoms. The average Bonchev–Trinajstić information content (AvgIpc) is 2.73. The van der Waals surface area contributed by atoms with Crippen molar-refractivity contribution in [3.05, 3.63) is 48.2 Å². The minimum atomic E-state index is -0.340. The normalized spacial score (nSPS) is 14.0. The van der Waals surface area contributed by atoms with E-state index in [0.717, 1.165) is 5.69 Å². The molecule has 142 valence electrons. The van der Waals surface area contributed by atoms with Gasteiger partial charge in [-0.1, -0.05) is 6.07 Å². The van der Waals surface area contributed by atoms with Crippen molar-refractivity contribution in [1.29, 1.82) is 0 Å². The Labute approximate surface area is 157 Å². The topological polar surface area (TPSA) is 101 Å². The van der Waals surface area contributed by atoms with E-state index in [9.17, 15) is 9.59 Å². The van der Waals surface area contributed by atoms with Crippen molar-refractivity contribution < 1.29 is 14.3 Å². The van der Waals surface area contributed by atoms with Gasteiger partial charge in [-0.25, -0.2) is 14.8 Å². The first-order valence-corrected chi connectivity index (χ1v) is 8.84. The highest BCUT2D eigenvalue weighted by atomic mass is 16.6. The highest BCUT2D eigenvalue weighted by Crippen LogP contribution is 2.09. The van der Waals surface area contributed by atoms with Crippen LogP contribution in [-0.4, -0.2) is 69.5 Å². The lowest BCUT2D eigenvalue weighted by atomic mass is 10.3. The number of amides is 2. The van der Waals surface area contributed by atoms with E-state index in [1.807, 2.05) is 18.2 Å². The van der Waals surface area contributed by atoms with Gasteiger partial charge in [-0.3, -0.25) is 9.78 Å². The van der Waals surface area contributed by atoms with Gasteiger partial charge in [0.1, 0.15) is 11.5 Å². The molecule has 0 unspecified atom stereocenters. The fourth-order valence-electron chi connectivity index (χ4n) is 2.68. The van der Waals surface area contributed by atoms with E-state index >= 15 is 0 Å². The number of rotatable bonds is 5. The molecule has 1 aliphatic heterocycles. The fourth-order valence-corrected chi connectivity index (χ4v) is 2.68. The van der Waals surface area contributed by atoms with Crippen LogP contribution in [-0.2, 0) is 11.3 Å². The van der Waals surface area contributed by atoms with Crippen LogP contribution in [0.3, 0.4) is 0 Å². The maximum Gasteiger partial charge on any atom is 0.409 e. The van der Waals surface area contributed by atoms with Gasteiger partial charge in [0.2, 0.25) is 0 Å². The number of aromatic nitrogens is 3. The Kier molecular flexibility index (Phi) is 6.14. The van der Waals surface area contributed by atoms with E-state index in [1.54, 1.807) is 22.9 Å². The van der Waals surface area contributed by atoms with E-state index in [4.69, 9.17) is 4.74 Å². The summed E-state index contributed by atoms with van der Waals surface area (Å²) in [5, 5.41) is 3.12. The number of carbonyl (C=O) groups is 2. The molecule has 2 aromatic heterocycles. The van der Waals surface area contributed by atoms with Crippen LogP contribution in [0.4, 0.5) is 10.6 Å². The zero-order valence-electron chi connectivity index (χ0n) is 15.2. The predicted octanol–water partition coefficient (Wildman–Crippen LogP) is 1.40. The smallest absolute Gasteiger partial charge is 0.409 e. The van der Waals surface area contributed by atoms with Gasteiger partial charge < -0.3 is 19.9 Å². The number of pyridine rings is 1. The third-order valence-electron chi connectivity index (χ3n) is 4.14. The number of hydrogen-bond acceptors (Lipinski definition) is 7. The molecule has 0 aromatic carbocycles. The van der Waals surface area contributed by atoms with Crippen molar-refractivity contribution in [2.75, 3.05) is 38.1 Å². The van der Waals surface area contributed by atoms with E-state index < -0.39 is 0 Å². The van der Waals surface area contributed by atoms with Crippen LogP contribution in [0.2, 0.25) is 0 Å². The van der Waals surface area contributed by atoms with Crippen molar-refractivity contribution in [3.8, 4) is 0 Å². The zero-order chi connectivity index (χ0) is 19.1.